The van der Waals surface area contributed by atoms with E-state index >= 15 is 0 Å². The van der Waals surface area contributed by atoms with Crippen LogP contribution in [-0.4, -0.2) is 33.5 Å². The summed E-state index contributed by atoms with van der Waals surface area (Å²) >= 11 is 2.07. The first kappa shape index (κ1) is 21.1. The molecule has 0 aromatic carbocycles. The lowest BCUT2D eigenvalue weighted by atomic mass is 10.3. The van der Waals surface area contributed by atoms with Crippen molar-refractivity contribution in [1.82, 2.24) is 4.90 Å². The smallest absolute Gasteiger partial charge is 0.290 e. The van der Waals surface area contributed by atoms with Crippen LogP contribution in [0.3, 0.4) is 0 Å². The predicted octanol–water partition coefficient (Wildman–Crippen LogP) is -3.00. The summed E-state index contributed by atoms with van der Waals surface area (Å²) in [5, 5.41) is 17.3. The fourth-order valence-electron chi connectivity index (χ4n) is 0.634. The Hall–Kier alpha value is -0.240. The molecule has 0 heterocycles. The SMILES string of the molecule is CCCCN(C#CCI)C(=O)[O-].O=CO.[IH2+]. The average Bonchev–Trinajstić information content (AvgIpc) is 2.19. The number of rotatable bonds is 3. The van der Waals surface area contributed by atoms with E-state index < -0.39 is 6.09 Å². The quantitative estimate of drug-likeness (QED) is 0.162. The van der Waals surface area contributed by atoms with E-state index in [0.29, 0.717) is 11.0 Å². The summed E-state index contributed by atoms with van der Waals surface area (Å²) in [6.45, 7) is 2.20. The highest BCUT2D eigenvalue weighted by atomic mass is 127. The van der Waals surface area contributed by atoms with Crippen molar-refractivity contribution >= 4 is 35.2 Å². The molecule has 0 saturated carbocycles. The van der Waals surface area contributed by atoms with Gasteiger partial charge in [-0.3, -0.25) is 9.69 Å². The molecule has 0 bridgehead atoms. The largest absolute Gasteiger partial charge is 0.529 e. The van der Waals surface area contributed by atoms with Crippen LogP contribution >= 0.6 is 22.6 Å². The van der Waals surface area contributed by atoms with Gasteiger partial charge in [0.1, 0.15) is 6.09 Å². The number of unbranched alkanes of at least 4 members (excludes halogenated alkanes) is 1. The highest BCUT2D eigenvalue weighted by Crippen LogP contribution is 1.92. The summed E-state index contributed by atoms with van der Waals surface area (Å²) in [4.78, 5) is 19.8. The van der Waals surface area contributed by atoms with Crippen LogP contribution in [0.5, 0.6) is 0 Å². The van der Waals surface area contributed by atoms with E-state index in [2.05, 4.69) is 34.6 Å². The van der Waals surface area contributed by atoms with Crippen molar-refractivity contribution in [3.63, 3.8) is 0 Å². The van der Waals surface area contributed by atoms with Gasteiger partial charge in [0.25, 0.3) is 6.47 Å². The van der Waals surface area contributed by atoms with Crippen LogP contribution in [-0.2, 0) is 4.79 Å². The molecular weight excluding hydrogens is 440 g/mol. The van der Waals surface area contributed by atoms with E-state index in [-0.39, 0.29) is 30.4 Å². The highest BCUT2D eigenvalue weighted by molar-refractivity contribution is 14.1. The molecule has 7 heteroatoms. The highest BCUT2D eigenvalue weighted by Gasteiger charge is 1.97. The number of hydrogen-bond donors (Lipinski definition) is 1. The van der Waals surface area contributed by atoms with Crippen LogP contribution in [0.15, 0.2) is 0 Å². The predicted molar refractivity (Wildman–Crippen MR) is 65.2 cm³/mol. The third-order valence-corrected chi connectivity index (χ3v) is 1.62. The minimum absolute atomic E-state index is 0. The number of carboxylic acid groups (broad SMARTS) is 2. The summed E-state index contributed by atoms with van der Waals surface area (Å²) in [6.07, 6.45) is 0.570. The molecule has 5 nitrogen and oxygen atoms in total. The zero-order valence-corrected chi connectivity index (χ0v) is 13.6. The summed E-state index contributed by atoms with van der Waals surface area (Å²) in [5.74, 6) is 2.68. The van der Waals surface area contributed by atoms with Gasteiger partial charge >= 0.3 is 0 Å². The van der Waals surface area contributed by atoms with Gasteiger partial charge in [-0.1, -0.05) is 41.9 Å². The van der Waals surface area contributed by atoms with E-state index in [1.54, 1.807) is 0 Å². The molecule has 0 radical (unpaired) electrons. The summed E-state index contributed by atoms with van der Waals surface area (Å²) in [6, 6.07) is 2.52. The van der Waals surface area contributed by atoms with Gasteiger partial charge in [0, 0.05) is 12.6 Å². The fraction of sp³-hybridized carbons (Fsp3) is 0.556. The van der Waals surface area contributed by atoms with Crippen molar-refractivity contribution in [2.24, 2.45) is 0 Å². The van der Waals surface area contributed by atoms with Crippen LogP contribution in [0, 0.1) is 12.0 Å². The van der Waals surface area contributed by atoms with Gasteiger partial charge in [0.2, 0.25) is 24.0 Å². The minimum atomic E-state index is -1.21. The molecule has 0 spiro atoms. The summed E-state index contributed by atoms with van der Waals surface area (Å²) < 4.78 is 0.633. The molecule has 1 N–H and O–H groups in total. The van der Waals surface area contributed by atoms with E-state index in [9.17, 15) is 9.90 Å². The molecule has 0 aromatic rings. The maximum Gasteiger partial charge on any atom is 0.290 e. The number of halogens is 2. The van der Waals surface area contributed by atoms with E-state index in [4.69, 9.17) is 9.90 Å². The Morgan fingerprint density at radius 2 is 2.12 bits per heavy atom. The average molecular weight is 455 g/mol. The first-order chi connectivity index (χ1) is 7.13. The second-order valence-corrected chi connectivity index (χ2v) is 3.06. The number of carbonyl (C=O) groups excluding carboxylic acids is 1. The van der Waals surface area contributed by atoms with Gasteiger partial charge in [-0.25, -0.2) is 0 Å². The Kier molecular flexibility index (Phi) is 22.6. The topological polar surface area (TPSA) is 80.7 Å². The van der Waals surface area contributed by atoms with Crippen LogP contribution < -0.4 is 29.1 Å². The lowest BCUT2D eigenvalue weighted by Gasteiger charge is -2.16. The molecule has 0 unspecified atom stereocenters. The van der Waals surface area contributed by atoms with Crippen LogP contribution in [0.4, 0.5) is 4.79 Å². The van der Waals surface area contributed by atoms with Crippen molar-refractivity contribution in [2.75, 3.05) is 11.0 Å². The molecule has 0 fully saturated rings. The van der Waals surface area contributed by atoms with E-state index in [1.807, 2.05) is 6.92 Å². The van der Waals surface area contributed by atoms with Crippen molar-refractivity contribution < 1.29 is 43.8 Å². The van der Waals surface area contributed by atoms with Crippen molar-refractivity contribution in [1.29, 1.82) is 0 Å². The third kappa shape index (κ3) is 16.2. The van der Waals surface area contributed by atoms with Crippen molar-refractivity contribution in [3.05, 3.63) is 0 Å². The van der Waals surface area contributed by atoms with E-state index in [1.165, 1.54) is 0 Å². The number of alkyl halides is 1. The van der Waals surface area contributed by atoms with Gasteiger partial charge in [0.15, 0.2) is 0 Å². The maximum atomic E-state index is 10.4. The maximum absolute atomic E-state index is 10.4. The minimum Gasteiger partial charge on any atom is -0.529 e. The fourth-order valence-corrected chi connectivity index (χ4v) is 0.805. The second kappa shape index (κ2) is 17.2. The van der Waals surface area contributed by atoms with Gasteiger partial charge in [-0.05, 0) is 6.42 Å². The van der Waals surface area contributed by atoms with Crippen LogP contribution in [0.1, 0.15) is 19.8 Å². The zero-order chi connectivity index (χ0) is 12.1. The molecule has 0 aromatic heterocycles. The van der Waals surface area contributed by atoms with Gasteiger partial charge in [-0.15, -0.1) is 0 Å². The normalized spacial score (nSPS) is 7.12. The first-order valence-electron chi connectivity index (χ1n) is 4.24. The number of nitrogens with zero attached hydrogens (tertiary/aromatic N) is 1. The Morgan fingerprint density at radius 1 is 1.62 bits per heavy atom. The summed E-state index contributed by atoms with van der Waals surface area (Å²) in [7, 11) is 0. The molecule has 0 aliphatic heterocycles. The Labute approximate surface area is 126 Å². The molecule has 0 aliphatic carbocycles. The molecule has 0 saturated heterocycles. The molecule has 94 valence electrons. The van der Waals surface area contributed by atoms with E-state index in [0.717, 1.165) is 17.7 Å². The molecule has 0 aliphatic rings. The van der Waals surface area contributed by atoms with Crippen molar-refractivity contribution in [2.45, 2.75) is 19.8 Å². The number of hydrogen-bond acceptors (Lipinski definition) is 3. The van der Waals surface area contributed by atoms with Gasteiger partial charge in [0.05, 0.1) is 4.43 Å². The third-order valence-electron chi connectivity index (χ3n) is 1.24. The standard InChI is InChI=1S/C8H12INO2.CH2O2.H2I/c1-2-3-6-10(8(11)12)7-4-5-9;2-1-3;/h2-3,5-6H2,1H3,(H,11,12);1H,(H,2,3);1H2/q;;+1/p-1. The van der Waals surface area contributed by atoms with Crippen LogP contribution in [0.25, 0.3) is 0 Å². The monoisotopic (exact) mass is 455 g/mol. The van der Waals surface area contributed by atoms with Gasteiger partial charge in [-0.2, -0.15) is 0 Å². The molecule has 0 atom stereocenters. The molecule has 0 rings (SSSR count). The Balaban J connectivity index is -0.000000377. The lowest BCUT2D eigenvalue weighted by molar-refractivity contribution is -0.261. The molecule has 1 amide bonds. The second-order valence-electron chi connectivity index (χ2n) is 2.30. The first-order valence-corrected chi connectivity index (χ1v) is 5.77. The Morgan fingerprint density at radius 3 is 2.44 bits per heavy atom. The number of carbonyl (C=O) groups is 2. The van der Waals surface area contributed by atoms with Gasteiger partial charge < -0.3 is 15.0 Å². The molecule has 16 heavy (non-hydrogen) atoms. The zero-order valence-electron chi connectivity index (χ0n) is 8.85. The Bertz CT molecular complexity index is 237. The molecular formula is C9H15I2NO4. The lowest BCUT2D eigenvalue weighted by Crippen LogP contribution is -3.00. The number of amides is 1. The summed E-state index contributed by atoms with van der Waals surface area (Å²) in [5.41, 5.74) is 0. The van der Waals surface area contributed by atoms with Crippen LogP contribution in [0.2, 0.25) is 0 Å². The van der Waals surface area contributed by atoms with Crippen molar-refractivity contribution in [3.8, 4) is 12.0 Å².